The van der Waals surface area contributed by atoms with Gasteiger partial charge in [-0.1, -0.05) is 54.6 Å². The average Bonchev–Trinajstić information content (AvgIpc) is 3.55. The second-order valence-electron chi connectivity index (χ2n) is 9.85. The SMILES string of the molecule is N#Cc1ccc(-c2nc3cc(-c4c(F)c(C#N)c(F)c(C#N)c4F)ccc3c3c2cc(-c2ccccc2)c2nsnc23)cc1. The van der Waals surface area contributed by atoms with Crippen molar-refractivity contribution in [3.8, 4) is 51.7 Å². The quantitative estimate of drug-likeness (QED) is 0.190. The molecule has 0 aliphatic carbocycles. The van der Waals surface area contributed by atoms with E-state index in [0.29, 0.717) is 44.1 Å². The molecule has 0 atom stereocenters. The van der Waals surface area contributed by atoms with E-state index in [0.717, 1.165) is 28.2 Å². The molecular formula is C34H13F3N6S. The van der Waals surface area contributed by atoms with Gasteiger partial charge in [-0.15, -0.1) is 0 Å². The molecular weight excluding hydrogens is 581 g/mol. The van der Waals surface area contributed by atoms with Crippen LogP contribution in [0.3, 0.4) is 0 Å². The van der Waals surface area contributed by atoms with Crippen molar-refractivity contribution < 1.29 is 13.2 Å². The Morgan fingerprint density at radius 1 is 0.614 bits per heavy atom. The second-order valence-corrected chi connectivity index (χ2v) is 10.4. The number of fused-ring (bicyclic) bond motifs is 5. The van der Waals surface area contributed by atoms with Crippen molar-refractivity contribution in [2.24, 2.45) is 0 Å². The van der Waals surface area contributed by atoms with Crippen molar-refractivity contribution in [3.05, 3.63) is 113 Å². The number of nitrogens with zero attached hydrogens (tertiary/aromatic N) is 6. The number of nitriles is 3. The molecule has 5 aromatic carbocycles. The summed E-state index contributed by atoms with van der Waals surface area (Å²) in [6, 6.07) is 27.9. The Labute approximate surface area is 251 Å². The molecule has 0 radical (unpaired) electrons. The number of halogens is 3. The molecule has 10 heteroatoms. The summed E-state index contributed by atoms with van der Waals surface area (Å²) in [4.78, 5) is 4.93. The predicted molar refractivity (Wildman–Crippen MR) is 161 cm³/mol. The van der Waals surface area contributed by atoms with Gasteiger partial charge >= 0.3 is 0 Å². The fourth-order valence-corrected chi connectivity index (χ4v) is 6.01. The highest BCUT2D eigenvalue weighted by Crippen LogP contribution is 2.42. The van der Waals surface area contributed by atoms with Crippen molar-refractivity contribution in [2.75, 3.05) is 0 Å². The Morgan fingerprint density at radius 2 is 1.27 bits per heavy atom. The van der Waals surface area contributed by atoms with Gasteiger partial charge in [-0.05, 0) is 35.4 Å². The first-order chi connectivity index (χ1) is 21.4. The smallest absolute Gasteiger partial charge is 0.164 e. The highest BCUT2D eigenvalue weighted by Gasteiger charge is 2.27. The van der Waals surface area contributed by atoms with Crippen LogP contribution >= 0.6 is 11.7 Å². The number of aromatic nitrogens is 3. The molecule has 0 N–H and O–H groups in total. The summed E-state index contributed by atoms with van der Waals surface area (Å²) in [6.45, 7) is 0. The molecule has 0 aliphatic heterocycles. The Hall–Kier alpha value is -6.15. The van der Waals surface area contributed by atoms with Gasteiger partial charge in [-0.25, -0.2) is 18.2 Å². The molecule has 0 saturated heterocycles. The van der Waals surface area contributed by atoms with Crippen molar-refractivity contribution in [1.82, 2.24) is 13.7 Å². The third-order valence-corrected chi connectivity index (χ3v) is 8.02. The molecule has 0 saturated carbocycles. The van der Waals surface area contributed by atoms with Gasteiger partial charge in [0.05, 0.1) is 40.1 Å². The molecule has 44 heavy (non-hydrogen) atoms. The van der Waals surface area contributed by atoms with E-state index < -0.39 is 34.1 Å². The maximum Gasteiger partial charge on any atom is 0.164 e. The number of pyridine rings is 1. The van der Waals surface area contributed by atoms with Gasteiger partial charge in [0.25, 0.3) is 0 Å². The third-order valence-electron chi connectivity index (χ3n) is 7.49. The van der Waals surface area contributed by atoms with Crippen LogP contribution in [0.25, 0.3) is 66.2 Å². The first kappa shape index (κ1) is 26.7. The minimum Gasteiger partial charge on any atom is -0.247 e. The zero-order chi connectivity index (χ0) is 30.5. The van der Waals surface area contributed by atoms with Crippen molar-refractivity contribution >= 4 is 44.4 Å². The standard InChI is InChI=1S/C34H13F3N6S/c35-29-24(15-39)30(36)27(31(37)25(29)16-40)20-10-11-21-26(12-20)41-32(19-8-6-17(14-38)7-9-19)23-13-22(18-4-2-1-3-5-18)33-34(28(21)23)43-44-42-33/h1-13H. The normalized spacial score (nSPS) is 11.0. The molecule has 7 aromatic rings. The van der Waals surface area contributed by atoms with E-state index in [4.69, 9.17) is 4.98 Å². The molecule has 206 valence electrons. The molecule has 6 nitrogen and oxygen atoms in total. The van der Waals surface area contributed by atoms with Gasteiger partial charge in [0.2, 0.25) is 0 Å². The lowest BCUT2D eigenvalue weighted by Crippen LogP contribution is -2.04. The van der Waals surface area contributed by atoms with Crippen LogP contribution in [0.2, 0.25) is 0 Å². The van der Waals surface area contributed by atoms with Crippen LogP contribution in [0.15, 0.2) is 78.9 Å². The number of rotatable bonds is 3. The zero-order valence-corrected chi connectivity index (χ0v) is 23.0. The molecule has 0 amide bonds. The van der Waals surface area contributed by atoms with E-state index in [1.807, 2.05) is 36.4 Å². The molecule has 0 fully saturated rings. The average molecular weight is 595 g/mol. The van der Waals surface area contributed by atoms with E-state index >= 15 is 8.78 Å². The largest absolute Gasteiger partial charge is 0.247 e. The van der Waals surface area contributed by atoms with Crippen molar-refractivity contribution in [1.29, 1.82) is 15.8 Å². The van der Waals surface area contributed by atoms with E-state index in [2.05, 4.69) is 14.8 Å². The maximum atomic E-state index is 15.4. The van der Waals surface area contributed by atoms with Crippen LogP contribution < -0.4 is 0 Å². The topological polar surface area (TPSA) is 110 Å². The van der Waals surface area contributed by atoms with E-state index in [-0.39, 0.29) is 5.56 Å². The van der Waals surface area contributed by atoms with Crippen molar-refractivity contribution in [2.45, 2.75) is 0 Å². The summed E-state index contributed by atoms with van der Waals surface area (Å²) in [6.07, 6.45) is 0. The Kier molecular flexibility index (Phi) is 6.25. The Balaban J connectivity index is 1.60. The van der Waals surface area contributed by atoms with Crippen LogP contribution in [0.4, 0.5) is 13.2 Å². The zero-order valence-electron chi connectivity index (χ0n) is 22.2. The summed E-state index contributed by atoms with van der Waals surface area (Å²) in [5, 5.41) is 30.1. The Bertz CT molecular complexity index is 2410. The fraction of sp³-hybridized carbons (Fsp3) is 0. The van der Waals surface area contributed by atoms with Crippen LogP contribution in [0.1, 0.15) is 16.7 Å². The summed E-state index contributed by atoms with van der Waals surface area (Å²) in [7, 11) is 0. The highest BCUT2D eigenvalue weighted by atomic mass is 32.1. The maximum absolute atomic E-state index is 15.4. The fourth-order valence-electron chi connectivity index (χ4n) is 5.45. The van der Waals surface area contributed by atoms with E-state index in [1.165, 1.54) is 24.3 Å². The minimum atomic E-state index is -1.55. The Morgan fingerprint density at radius 3 is 1.93 bits per heavy atom. The third kappa shape index (κ3) is 3.96. The van der Waals surface area contributed by atoms with Gasteiger partial charge in [0, 0.05) is 27.3 Å². The second kappa shape index (κ2) is 10.3. The summed E-state index contributed by atoms with van der Waals surface area (Å²) in [5.41, 5.74) is 2.21. The lowest BCUT2D eigenvalue weighted by molar-refractivity contribution is 0.539. The van der Waals surface area contributed by atoms with Gasteiger partial charge < -0.3 is 0 Å². The van der Waals surface area contributed by atoms with E-state index in [9.17, 15) is 20.2 Å². The van der Waals surface area contributed by atoms with Crippen LogP contribution in [0, 0.1) is 51.4 Å². The molecule has 7 rings (SSSR count). The molecule has 0 bridgehead atoms. The molecule has 0 aliphatic rings. The summed E-state index contributed by atoms with van der Waals surface area (Å²) >= 11 is 1.05. The molecule has 0 unspecified atom stereocenters. The van der Waals surface area contributed by atoms with E-state index in [1.54, 1.807) is 30.3 Å². The van der Waals surface area contributed by atoms with Crippen molar-refractivity contribution in [3.63, 3.8) is 0 Å². The van der Waals surface area contributed by atoms with Gasteiger partial charge in [0.1, 0.15) is 34.3 Å². The number of benzene rings is 5. The number of hydrogen-bond acceptors (Lipinski definition) is 7. The van der Waals surface area contributed by atoms with Gasteiger partial charge in [-0.2, -0.15) is 24.5 Å². The van der Waals surface area contributed by atoms with Gasteiger partial charge in [0.15, 0.2) is 17.5 Å². The number of hydrogen-bond donors (Lipinski definition) is 0. The van der Waals surface area contributed by atoms with Crippen LogP contribution in [-0.2, 0) is 0 Å². The van der Waals surface area contributed by atoms with Crippen LogP contribution in [-0.4, -0.2) is 13.7 Å². The lowest BCUT2D eigenvalue weighted by Gasteiger charge is -2.15. The van der Waals surface area contributed by atoms with Crippen LogP contribution in [0.5, 0.6) is 0 Å². The lowest BCUT2D eigenvalue weighted by atomic mass is 9.92. The monoisotopic (exact) mass is 594 g/mol. The van der Waals surface area contributed by atoms with Gasteiger partial charge in [-0.3, -0.25) is 0 Å². The first-order valence-corrected chi connectivity index (χ1v) is 13.8. The highest BCUT2D eigenvalue weighted by molar-refractivity contribution is 7.00. The molecule has 2 aromatic heterocycles. The summed E-state index contributed by atoms with van der Waals surface area (Å²) < 4.78 is 54.5. The predicted octanol–water partition coefficient (Wildman–Crippen LogP) is 8.43. The summed E-state index contributed by atoms with van der Waals surface area (Å²) in [5.74, 6) is -4.37. The molecule has 2 heterocycles. The minimum absolute atomic E-state index is 0.0355. The first-order valence-electron chi connectivity index (χ1n) is 13.0. The molecule has 0 spiro atoms.